The SMILES string of the molecule is C=CCC1CCC2C(CC[C@]3(CCOc4cncc(C(CC)NC(C)C)c4)C(O)CCC23)[C@@]1(C)CCC. The van der Waals surface area contributed by atoms with Gasteiger partial charge in [0.05, 0.1) is 18.9 Å². The number of pyridine rings is 1. The van der Waals surface area contributed by atoms with Gasteiger partial charge in [0.1, 0.15) is 5.75 Å². The van der Waals surface area contributed by atoms with Crippen molar-refractivity contribution >= 4 is 0 Å². The van der Waals surface area contributed by atoms with Crippen LogP contribution in [0.15, 0.2) is 31.1 Å². The molecule has 208 valence electrons. The molecule has 2 N–H and O–H groups in total. The second-order valence-corrected chi connectivity index (χ2v) is 13.1. The maximum atomic E-state index is 11.4. The van der Waals surface area contributed by atoms with Gasteiger partial charge in [-0.15, -0.1) is 6.58 Å². The lowest BCUT2D eigenvalue weighted by Crippen LogP contribution is -2.53. The fraction of sp³-hybridized carbons (Fsp3) is 0.788. The Bertz CT molecular complexity index is 887. The van der Waals surface area contributed by atoms with Gasteiger partial charge in [-0.2, -0.15) is 0 Å². The number of allylic oxidation sites excluding steroid dienone is 1. The summed E-state index contributed by atoms with van der Waals surface area (Å²) in [6.07, 6.45) is 18.7. The third-order valence-electron chi connectivity index (χ3n) is 10.9. The molecule has 0 bridgehead atoms. The van der Waals surface area contributed by atoms with Gasteiger partial charge >= 0.3 is 0 Å². The lowest BCUT2D eigenvalue weighted by molar-refractivity contribution is -0.123. The molecule has 3 aliphatic carbocycles. The van der Waals surface area contributed by atoms with E-state index in [1.807, 2.05) is 12.4 Å². The van der Waals surface area contributed by atoms with Gasteiger partial charge in [0.25, 0.3) is 0 Å². The summed E-state index contributed by atoms with van der Waals surface area (Å²) >= 11 is 0. The molecule has 1 heterocycles. The molecule has 6 unspecified atom stereocenters. The fourth-order valence-electron chi connectivity index (χ4n) is 9.23. The first-order chi connectivity index (χ1) is 17.8. The van der Waals surface area contributed by atoms with Gasteiger partial charge in [-0.25, -0.2) is 0 Å². The molecular weight excluding hydrogens is 456 g/mol. The maximum absolute atomic E-state index is 11.4. The number of nitrogens with one attached hydrogen (secondary N) is 1. The zero-order chi connectivity index (χ0) is 26.6. The van der Waals surface area contributed by atoms with Crippen molar-refractivity contribution in [2.45, 2.75) is 123 Å². The van der Waals surface area contributed by atoms with E-state index < -0.39 is 0 Å². The molecule has 3 saturated carbocycles. The molecule has 8 atom stereocenters. The van der Waals surface area contributed by atoms with Crippen molar-refractivity contribution in [2.75, 3.05) is 6.61 Å². The minimum Gasteiger partial charge on any atom is -0.492 e. The molecule has 4 heteroatoms. The second kappa shape index (κ2) is 12.2. The van der Waals surface area contributed by atoms with Crippen LogP contribution in [0.4, 0.5) is 0 Å². The number of fused-ring (bicyclic) bond motifs is 3. The Morgan fingerprint density at radius 1 is 1.14 bits per heavy atom. The minimum absolute atomic E-state index is 0.0236. The highest BCUT2D eigenvalue weighted by Gasteiger charge is 2.60. The second-order valence-electron chi connectivity index (χ2n) is 13.1. The monoisotopic (exact) mass is 510 g/mol. The van der Waals surface area contributed by atoms with Crippen molar-refractivity contribution in [3.8, 4) is 5.75 Å². The van der Waals surface area contributed by atoms with E-state index in [1.165, 1.54) is 44.1 Å². The van der Waals surface area contributed by atoms with Crippen LogP contribution in [-0.2, 0) is 0 Å². The average molecular weight is 511 g/mol. The molecule has 3 aliphatic rings. The van der Waals surface area contributed by atoms with Crippen molar-refractivity contribution < 1.29 is 9.84 Å². The minimum atomic E-state index is -0.186. The van der Waals surface area contributed by atoms with E-state index in [0.717, 1.165) is 55.6 Å². The Morgan fingerprint density at radius 2 is 1.95 bits per heavy atom. The topological polar surface area (TPSA) is 54.4 Å². The van der Waals surface area contributed by atoms with Gasteiger partial charge < -0.3 is 15.2 Å². The van der Waals surface area contributed by atoms with Crippen LogP contribution in [0.2, 0.25) is 0 Å². The van der Waals surface area contributed by atoms with Gasteiger partial charge in [-0.1, -0.05) is 47.1 Å². The van der Waals surface area contributed by atoms with Crippen molar-refractivity contribution in [1.82, 2.24) is 10.3 Å². The average Bonchev–Trinajstić information content (AvgIpc) is 3.21. The molecule has 1 aromatic heterocycles. The first-order valence-corrected chi connectivity index (χ1v) is 15.4. The molecule has 3 fully saturated rings. The quantitative estimate of drug-likeness (QED) is 0.281. The normalized spacial score (nSPS) is 36.1. The molecule has 0 radical (unpaired) electrons. The summed E-state index contributed by atoms with van der Waals surface area (Å²) in [4.78, 5) is 4.49. The number of aliphatic hydroxyl groups is 1. The Hall–Kier alpha value is -1.39. The van der Waals surface area contributed by atoms with Crippen LogP contribution < -0.4 is 10.1 Å². The molecule has 37 heavy (non-hydrogen) atoms. The number of ether oxygens (including phenoxy) is 1. The van der Waals surface area contributed by atoms with Gasteiger partial charge in [-0.05, 0) is 105 Å². The van der Waals surface area contributed by atoms with Gasteiger partial charge in [0.2, 0.25) is 0 Å². The molecule has 1 aromatic rings. The Labute approximate surface area is 227 Å². The van der Waals surface area contributed by atoms with Gasteiger partial charge in [0, 0.05) is 23.7 Å². The van der Waals surface area contributed by atoms with Crippen LogP contribution in [0.3, 0.4) is 0 Å². The summed E-state index contributed by atoms with van der Waals surface area (Å²) in [7, 11) is 0. The fourth-order valence-corrected chi connectivity index (χ4v) is 9.23. The van der Waals surface area contributed by atoms with Crippen molar-refractivity contribution in [1.29, 1.82) is 0 Å². The van der Waals surface area contributed by atoms with Gasteiger partial charge in [0.15, 0.2) is 0 Å². The van der Waals surface area contributed by atoms with Crippen LogP contribution >= 0.6 is 0 Å². The van der Waals surface area contributed by atoms with Crippen molar-refractivity contribution in [2.24, 2.45) is 34.5 Å². The summed E-state index contributed by atoms with van der Waals surface area (Å²) < 4.78 is 6.35. The summed E-state index contributed by atoms with van der Waals surface area (Å²) in [6, 6.07) is 2.88. The van der Waals surface area contributed by atoms with Crippen molar-refractivity contribution in [3.05, 3.63) is 36.7 Å². The van der Waals surface area contributed by atoms with E-state index in [4.69, 9.17) is 4.74 Å². The predicted octanol–water partition coefficient (Wildman–Crippen LogP) is 7.88. The molecule has 0 aromatic carbocycles. The molecule has 0 saturated heterocycles. The Balaban J connectivity index is 1.46. The van der Waals surface area contributed by atoms with E-state index in [2.05, 4.69) is 63.6 Å². The van der Waals surface area contributed by atoms with E-state index in [9.17, 15) is 5.11 Å². The zero-order valence-corrected chi connectivity index (χ0v) is 24.3. The van der Waals surface area contributed by atoms with Gasteiger partial charge in [-0.3, -0.25) is 4.98 Å². The van der Waals surface area contributed by atoms with E-state index >= 15 is 0 Å². The number of rotatable bonds is 12. The van der Waals surface area contributed by atoms with Crippen LogP contribution in [-0.4, -0.2) is 28.8 Å². The lowest BCUT2D eigenvalue weighted by Gasteiger charge is -2.59. The summed E-state index contributed by atoms with van der Waals surface area (Å²) in [5, 5.41) is 15.0. The Morgan fingerprint density at radius 3 is 2.65 bits per heavy atom. The highest BCUT2D eigenvalue weighted by Crippen LogP contribution is 2.66. The first kappa shape index (κ1) is 28.6. The van der Waals surface area contributed by atoms with Crippen LogP contribution in [0.1, 0.15) is 117 Å². The Kier molecular flexibility index (Phi) is 9.43. The third kappa shape index (κ3) is 5.66. The standard InChI is InChI=1S/C33H54N2O2/c1-7-10-25-11-12-27-28(32(25,6)16-8-2)15-17-33(29(27)13-14-31(33)36)18-19-37-26-20-24(21-34-22-26)30(9-3)35-23(4)5/h7,20-23,25,27-31,35-36H,1,8-19H2,2-6H3/t25?,27?,28?,29?,30?,31?,32-,33+/m0/s1. The third-order valence-corrected chi connectivity index (χ3v) is 10.9. The molecule has 4 rings (SSSR count). The molecule has 0 aliphatic heterocycles. The summed E-state index contributed by atoms with van der Waals surface area (Å²) in [5.74, 6) is 3.80. The van der Waals surface area contributed by atoms with E-state index in [-0.39, 0.29) is 11.5 Å². The van der Waals surface area contributed by atoms with E-state index in [0.29, 0.717) is 30.0 Å². The highest BCUT2D eigenvalue weighted by atomic mass is 16.5. The highest BCUT2D eigenvalue weighted by molar-refractivity contribution is 5.26. The van der Waals surface area contributed by atoms with Crippen LogP contribution in [0.5, 0.6) is 5.75 Å². The van der Waals surface area contributed by atoms with Crippen LogP contribution in [0, 0.1) is 34.5 Å². The predicted molar refractivity (Wildman–Crippen MR) is 154 cm³/mol. The molecule has 0 amide bonds. The van der Waals surface area contributed by atoms with E-state index in [1.54, 1.807) is 0 Å². The zero-order valence-electron chi connectivity index (χ0n) is 24.3. The first-order valence-electron chi connectivity index (χ1n) is 15.4. The smallest absolute Gasteiger partial charge is 0.137 e. The largest absolute Gasteiger partial charge is 0.492 e. The number of aromatic nitrogens is 1. The summed E-state index contributed by atoms with van der Waals surface area (Å²) in [6.45, 7) is 16.3. The number of aliphatic hydroxyl groups excluding tert-OH is 1. The number of nitrogens with zero attached hydrogens (tertiary/aromatic N) is 1. The lowest BCUT2D eigenvalue weighted by atomic mass is 9.46. The maximum Gasteiger partial charge on any atom is 0.137 e. The van der Waals surface area contributed by atoms with Crippen LogP contribution in [0.25, 0.3) is 0 Å². The number of hydrogen-bond donors (Lipinski definition) is 2. The van der Waals surface area contributed by atoms with Crippen molar-refractivity contribution in [3.63, 3.8) is 0 Å². The molecule has 0 spiro atoms. The number of hydrogen-bond acceptors (Lipinski definition) is 4. The molecular formula is C33H54N2O2. The summed E-state index contributed by atoms with van der Waals surface area (Å²) in [5.41, 5.74) is 1.63. The molecule has 4 nitrogen and oxygen atoms in total.